The lowest BCUT2D eigenvalue weighted by molar-refractivity contribution is 0.256. The van der Waals surface area contributed by atoms with Gasteiger partial charge in [-0.25, -0.2) is 4.79 Å². The molecule has 4 N–H and O–H groups in total. The molecule has 0 atom stereocenters. The molecule has 0 aliphatic heterocycles. The summed E-state index contributed by atoms with van der Waals surface area (Å²) in [7, 11) is 0. The Morgan fingerprint density at radius 2 is 2.05 bits per heavy atom. The van der Waals surface area contributed by atoms with Crippen LogP contribution in [0.15, 0.2) is 23.2 Å². The van der Waals surface area contributed by atoms with Crippen molar-refractivity contribution in [2.75, 3.05) is 11.9 Å². The van der Waals surface area contributed by atoms with Crippen LogP contribution in [0.1, 0.15) is 17.5 Å². The predicted octanol–water partition coefficient (Wildman–Crippen LogP) is 1.76. The van der Waals surface area contributed by atoms with Crippen molar-refractivity contribution in [2.45, 2.75) is 20.3 Å². The van der Waals surface area contributed by atoms with Crippen LogP contribution >= 0.6 is 0 Å². The van der Waals surface area contributed by atoms with Crippen molar-refractivity contribution < 1.29 is 4.79 Å². The van der Waals surface area contributed by atoms with Crippen LogP contribution in [0, 0.1) is 26.2 Å². The molecule has 19 heavy (non-hydrogen) atoms. The normalized spacial score (nSPS) is 10.7. The molecule has 0 aliphatic rings. The molecule has 0 heterocycles. The second-order valence-corrected chi connectivity index (χ2v) is 4.07. The number of terminal acetylenes is 1. The molecule has 1 aromatic carbocycles. The smallest absolute Gasteiger partial charge is 0.326 e. The molecule has 5 nitrogen and oxygen atoms in total. The van der Waals surface area contributed by atoms with Gasteiger partial charge in [-0.05, 0) is 25.0 Å². The van der Waals surface area contributed by atoms with Crippen molar-refractivity contribution >= 4 is 17.7 Å². The maximum atomic E-state index is 11.7. The zero-order valence-corrected chi connectivity index (χ0v) is 11.2. The van der Waals surface area contributed by atoms with E-state index in [0.717, 1.165) is 16.8 Å². The largest absolute Gasteiger partial charge is 0.370 e. The first kappa shape index (κ1) is 14.6. The van der Waals surface area contributed by atoms with E-state index in [2.05, 4.69) is 21.5 Å². The van der Waals surface area contributed by atoms with Gasteiger partial charge in [-0.2, -0.15) is 0 Å². The minimum absolute atomic E-state index is 0.0546. The van der Waals surface area contributed by atoms with Crippen LogP contribution in [0.5, 0.6) is 0 Å². The second kappa shape index (κ2) is 7.07. The third kappa shape index (κ3) is 4.72. The number of anilines is 1. The van der Waals surface area contributed by atoms with E-state index in [1.54, 1.807) is 0 Å². The summed E-state index contributed by atoms with van der Waals surface area (Å²) in [5.74, 6) is 2.49. The maximum absolute atomic E-state index is 11.7. The number of hydrogen-bond donors (Lipinski definition) is 3. The number of guanidine groups is 1. The lowest BCUT2D eigenvalue weighted by Crippen LogP contribution is -2.40. The van der Waals surface area contributed by atoms with Gasteiger partial charge in [0.05, 0.1) is 6.54 Å². The number of urea groups is 1. The molecule has 0 aliphatic carbocycles. The number of aryl methyl sites for hydroxylation is 2. The highest BCUT2D eigenvalue weighted by Gasteiger charge is 2.07. The fraction of sp³-hybridized carbons (Fsp3) is 0.286. The van der Waals surface area contributed by atoms with Gasteiger partial charge in [0.15, 0.2) is 5.96 Å². The quantitative estimate of drug-likeness (QED) is 0.334. The molecule has 2 amide bonds. The molecule has 0 unspecified atom stereocenters. The summed E-state index contributed by atoms with van der Waals surface area (Å²) in [6.07, 6.45) is 5.58. The monoisotopic (exact) mass is 258 g/mol. The number of nitrogens with one attached hydrogen (secondary N) is 2. The van der Waals surface area contributed by atoms with Crippen LogP contribution in [-0.4, -0.2) is 18.5 Å². The van der Waals surface area contributed by atoms with Crippen LogP contribution in [-0.2, 0) is 0 Å². The summed E-state index contributed by atoms with van der Waals surface area (Å²) in [5, 5.41) is 5.20. The van der Waals surface area contributed by atoms with Crippen LogP contribution < -0.4 is 16.4 Å². The SMILES string of the molecule is C#CCCN=C(N)NC(=O)Nc1c(C)cccc1C. The number of amides is 2. The fourth-order valence-electron chi connectivity index (χ4n) is 1.55. The topological polar surface area (TPSA) is 79.5 Å². The van der Waals surface area contributed by atoms with E-state index in [0.29, 0.717) is 13.0 Å². The Morgan fingerprint density at radius 3 is 2.63 bits per heavy atom. The van der Waals surface area contributed by atoms with Gasteiger partial charge in [-0.3, -0.25) is 10.3 Å². The number of carbonyl (C=O) groups is 1. The van der Waals surface area contributed by atoms with E-state index in [9.17, 15) is 4.79 Å². The predicted molar refractivity (Wildman–Crippen MR) is 78.0 cm³/mol. The van der Waals surface area contributed by atoms with Gasteiger partial charge in [0.2, 0.25) is 0 Å². The van der Waals surface area contributed by atoms with Crippen molar-refractivity contribution in [1.82, 2.24) is 5.32 Å². The number of para-hydroxylation sites is 1. The molecule has 0 fully saturated rings. The summed E-state index contributed by atoms with van der Waals surface area (Å²) in [5.41, 5.74) is 8.30. The summed E-state index contributed by atoms with van der Waals surface area (Å²) < 4.78 is 0. The Kier molecular flexibility index (Phi) is 5.42. The standard InChI is InChI=1S/C14H18N4O/c1-4-5-9-16-13(15)18-14(19)17-12-10(2)7-6-8-11(12)3/h1,6-8H,5,9H2,2-3H3,(H4,15,16,17,18,19). The van der Waals surface area contributed by atoms with Crippen molar-refractivity contribution in [3.8, 4) is 12.3 Å². The molecule has 100 valence electrons. The molecule has 0 aromatic heterocycles. The second-order valence-electron chi connectivity index (χ2n) is 4.07. The van der Waals surface area contributed by atoms with Crippen LogP contribution in [0.3, 0.4) is 0 Å². The van der Waals surface area contributed by atoms with Gasteiger partial charge in [0, 0.05) is 12.1 Å². The Hall–Kier alpha value is -2.48. The fourth-order valence-corrected chi connectivity index (χ4v) is 1.55. The average Bonchev–Trinajstić information content (AvgIpc) is 2.34. The Morgan fingerprint density at radius 1 is 1.42 bits per heavy atom. The Balaban J connectivity index is 2.61. The molecule has 1 aromatic rings. The van der Waals surface area contributed by atoms with Crippen LogP contribution in [0.4, 0.5) is 10.5 Å². The van der Waals surface area contributed by atoms with Crippen LogP contribution in [0.25, 0.3) is 0 Å². The molecule has 0 saturated carbocycles. The van der Waals surface area contributed by atoms with E-state index < -0.39 is 6.03 Å². The molecule has 5 heteroatoms. The first-order valence-corrected chi connectivity index (χ1v) is 5.92. The van der Waals surface area contributed by atoms with Gasteiger partial charge >= 0.3 is 6.03 Å². The van der Waals surface area contributed by atoms with Crippen molar-refractivity contribution in [3.05, 3.63) is 29.3 Å². The first-order chi connectivity index (χ1) is 9.04. The molecule has 0 radical (unpaired) electrons. The number of hydrogen-bond acceptors (Lipinski definition) is 2. The zero-order chi connectivity index (χ0) is 14.3. The van der Waals surface area contributed by atoms with Gasteiger partial charge < -0.3 is 11.1 Å². The van der Waals surface area contributed by atoms with Crippen molar-refractivity contribution in [1.29, 1.82) is 0 Å². The van der Waals surface area contributed by atoms with E-state index in [1.165, 1.54) is 0 Å². The van der Waals surface area contributed by atoms with Gasteiger partial charge in [0.25, 0.3) is 0 Å². The number of aliphatic imine (C=N–C) groups is 1. The number of benzene rings is 1. The van der Waals surface area contributed by atoms with E-state index in [4.69, 9.17) is 12.2 Å². The minimum atomic E-state index is -0.417. The number of nitrogens with zero attached hydrogens (tertiary/aromatic N) is 1. The van der Waals surface area contributed by atoms with Gasteiger partial charge in [-0.15, -0.1) is 12.3 Å². The molecule has 1 rings (SSSR count). The Bertz CT molecular complexity index is 508. The number of rotatable bonds is 3. The lowest BCUT2D eigenvalue weighted by atomic mass is 10.1. The van der Waals surface area contributed by atoms with Gasteiger partial charge in [-0.1, -0.05) is 18.2 Å². The van der Waals surface area contributed by atoms with E-state index in [-0.39, 0.29) is 5.96 Å². The van der Waals surface area contributed by atoms with Crippen molar-refractivity contribution in [2.24, 2.45) is 10.7 Å². The maximum Gasteiger partial charge on any atom is 0.326 e. The summed E-state index contributed by atoms with van der Waals surface area (Å²) in [6, 6.07) is 5.36. The summed E-state index contributed by atoms with van der Waals surface area (Å²) in [4.78, 5) is 15.7. The summed E-state index contributed by atoms with van der Waals surface area (Å²) in [6.45, 7) is 4.24. The third-order valence-corrected chi connectivity index (χ3v) is 2.50. The Labute approximate surface area is 113 Å². The highest BCUT2D eigenvalue weighted by Crippen LogP contribution is 2.18. The lowest BCUT2D eigenvalue weighted by Gasteiger charge is -2.11. The van der Waals surface area contributed by atoms with E-state index >= 15 is 0 Å². The van der Waals surface area contributed by atoms with E-state index in [1.807, 2.05) is 32.0 Å². The van der Waals surface area contributed by atoms with Gasteiger partial charge in [0.1, 0.15) is 0 Å². The molecule has 0 saturated heterocycles. The number of carbonyl (C=O) groups excluding carboxylic acids is 1. The molecule has 0 bridgehead atoms. The van der Waals surface area contributed by atoms with Crippen LogP contribution in [0.2, 0.25) is 0 Å². The van der Waals surface area contributed by atoms with Crippen molar-refractivity contribution in [3.63, 3.8) is 0 Å². The number of nitrogens with two attached hydrogens (primary N) is 1. The third-order valence-electron chi connectivity index (χ3n) is 2.50. The molecular weight excluding hydrogens is 240 g/mol. The average molecular weight is 258 g/mol. The molecular formula is C14H18N4O. The first-order valence-electron chi connectivity index (χ1n) is 5.92. The summed E-state index contributed by atoms with van der Waals surface area (Å²) >= 11 is 0. The highest BCUT2D eigenvalue weighted by molar-refractivity contribution is 6.02. The zero-order valence-electron chi connectivity index (χ0n) is 11.2. The molecule has 0 spiro atoms. The minimum Gasteiger partial charge on any atom is -0.370 e. The highest BCUT2D eigenvalue weighted by atomic mass is 16.2.